The maximum Gasteiger partial charge on any atom is 0.112 e. The highest BCUT2D eigenvalue weighted by Crippen LogP contribution is 2.32. The zero-order valence-corrected chi connectivity index (χ0v) is 10.3. The Morgan fingerprint density at radius 2 is 2.12 bits per heavy atom. The molecule has 0 amide bonds. The lowest BCUT2D eigenvalue weighted by molar-refractivity contribution is 0.378. The molecule has 3 nitrogen and oxygen atoms in total. The summed E-state index contributed by atoms with van der Waals surface area (Å²) in [5, 5.41) is 0. The molecule has 1 aromatic heterocycles. The van der Waals surface area contributed by atoms with E-state index in [0.717, 1.165) is 11.9 Å². The average Bonchev–Trinajstić information content (AvgIpc) is 2.68. The maximum absolute atomic E-state index is 6.07. The van der Waals surface area contributed by atoms with Crippen molar-refractivity contribution in [2.24, 2.45) is 12.8 Å². The van der Waals surface area contributed by atoms with Crippen molar-refractivity contribution in [2.75, 3.05) is 0 Å². The van der Waals surface area contributed by atoms with Gasteiger partial charge in [-0.05, 0) is 31.4 Å². The van der Waals surface area contributed by atoms with Crippen LogP contribution in [0.4, 0.5) is 0 Å². The Kier molecular flexibility index (Phi) is 2.63. The Hall–Kier alpha value is -1.35. The fourth-order valence-corrected chi connectivity index (χ4v) is 2.99. The van der Waals surface area contributed by atoms with Crippen molar-refractivity contribution in [2.45, 2.75) is 37.6 Å². The van der Waals surface area contributed by atoms with Crippen molar-refractivity contribution in [1.82, 2.24) is 9.55 Å². The first kappa shape index (κ1) is 10.8. The summed E-state index contributed by atoms with van der Waals surface area (Å²) in [6.07, 6.45) is 4.71. The average molecular weight is 229 g/mol. The van der Waals surface area contributed by atoms with Gasteiger partial charge >= 0.3 is 0 Å². The molecule has 0 spiro atoms. The third-order valence-electron chi connectivity index (χ3n) is 3.90. The first-order valence-corrected chi connectivity index (χ1v) is 6.42. The Morgan fingerprint density at radius 3 is 2.88 bits per heavy atom. The van der Waals surface area contributed by atoms with Crippen LogP contribution in [-0.2, 0) is 7.05 Å². The third kappa shape index (κ3) is 1.84. The predicted octanol–water partition coefficient (Wildman–Crippen LogP) is 2.56. The summed E-state index contributed by atoms with van der Waals surface area (Å²) in [6.45, 7) is 0. The largest absolute Gasteiger partial charge is 0.331 e. The molecule has 0 aliphatic heterocycles. The van der Waals surface area contributed by atoms with E-state index in [1.807, 2.05) is 6.07 Å². The van der Waals surface area contributed by atoms with E-state index in [-0.39, 0.29) is 0 Å². The second kappa shape index (κ2) is 4.15. The number of fused-ring (bicyclic) bond motifs is 1. The molecule has 90 valence electrons. The molecule has 3 rings (SSSR count). The van der Waals surface area contributed by atoms with Gasteiger partial charge in [-0.3, -0.25) is 0 Å². The molecule has 2 unspecified atom stereocenters. The summed E-state index contributed by atoms with van der Waals surface area (Å²) >= 11 is 0. The Bertz CT molecular complexity index is 529. The van der Waals surface area contributed by atoms with Crippen molar-refractivity contribution in [3.63, 3.8) is 0 Å². The molecule has 1 heterocycles. The van der Waals surface area contributed by atoms with Crippen LogP contribution in [-0.4, -0.2) is 15.6 Å². The van der Waals surface area contributed by atoms with Crippen molar-refractivity contribution in [3.05, 3.63) is 30.1 Å². The Morgan fingerprint density at radius 1 is 1.29 bits per heavy atom. The van der Waals surface area contributed by atoms with E-state index in [1.54, 1.807) is 0 Å². The first-order chi connectivity index (χ1) is 8.25. The zero-order chi connectivity index (χ0) is 11.8. The molecule has 1 aliphatic carbocycles. The molecule has 17 heavy (non-hydrogen) atoms. The summed E-state index contributed by atoms with van der Waals surface area (Å²) in [5.74, 6) is 1.75. The van der Waals surface area contributed by atoms with E-state index in [9.17, 15) is 0 Å². The number of nitrogens with zero attached hydrogens (tertiary/aromatic N) is 2. The second-order valence-electron chi connectivity index (χ2n) is 5.14. The SMILES string of the molecule is Cn1c(C2CCCC(N)C2)nc2ccccc21. The fraction of sp³-hybridized carbons (Fsp3) is 0.500. The van der Waals surface area contributed by atoms with Crippen LogP contribution in [0.15, 0.2) is 24.3 Å². The lowest BCUT2D eigenvalue weighted by atomic mass is 9.85. The van der Waals surface area contributed by atoms with Crippen molar-refractivity contribution < 1.29 is 0 Å². The molecular weight excluding hydrogens is 210 g/mol. The topological polar surface area (TPSA) is 43.8 Å². The standard InChI is InChI=1S/C14H19N3/c1-17-13-8-3-2-7-12(13)16-14(17)10-5-4-6-11(15)9-10/h2-3,7-8,10-11H,4-6,9,15H2,1H3. The van der Waals surface area contributed by atoms with Gasteiger partial charge in [0.1, 0.15) is 5.82 Å². The number of hydrogen-bond acceptors (Lipinski definition) is 2. The van der Waals surface area contributed by atoms with Gasteiger partial charge in [-0.2, -0.15) is 0 Å². The van der Waals surface area contributed by atoms with Crippen molar-refractivity contribution >= 4 is 11.0 Å². The Balaban J connectivity index is 2.02. The number of benzene rings is 1. The molecule has 1 fully saturated rings. The molecule has 0 bridgehead atoms. The quantitative estimate of drug-likeness (QED) is 0.816. The minimum Gasteiger partial charge on any atom is -0.331 e. The minimum atomic E-state index is 0.355. The van der Waals surface area contributed by atoms with Crippen LogP contribution in [0.1, 0.15) is 37.4 Å². The highest BCUT2D eigenvalue weighted by molar-refractivity contribution is 5.75. The third-order valence-corrected chi connectivity index (χ3v) is 3.90. The van der Waals surface area contributed by atoms with Gasteiger partial charge in [-0.1, -0.05) is 18.6 Å². The van der Waals surface area contributed by atoms with E-state index < -0.39 is 0 Å². The summed E-state index contributed by atoms with van der Waals surface area (Å²) < 4.78 is 2.23. The van der Waals surface area contributed by atoms with Gasteiger partial charge in [0.25, 0.3) is 0 Å². The molecular formula is C14H19N3. The summed E-state index contributed by atoms with van der Waals surface area (Å²) in [6, 6.07) is 8.69. The van der Waals surface area contributed by atoms with Gasteiger partial charge in [0.05, 0.1) is 11.0 Å². The summed E-state index contributed by atoms with van der Waals surface area (Å²) in [7, 11) is 2.12. The number of imidazole rings is 1. The van der Waals surface area contributed by atoms with E-state index in [2.05, 4.69) is 29.8 Å². The fourth-order valence-electron chi connectivity index (χ4n) is 2.99. The van der Waals surface area contributed by atoms with Crippen LogP contribution in [0, 0.1) is 0 Å². The van der Waals surface area contributed by atoms with E-state index >= 15 is 0 Å². The number of nitrogens with two attached hydrogens (primary N) is 1. The van der Waals surface area contributed by atoms with Crippen LogP contribution in [0.5, 0.6) is 0 Å². The van der Waals surface area contributed by atoms with Gasteiger partial charge in [-0.25, -0.2) is 4.98 Å². The molecule has 3 heteroatoms. The van der Waals surface area contributed by atoms with E-state index in [0.29, 0.717) is 12.0 Å². The van der Waals surface area contributed by atoms with Crippen LogP contribution >= 0.6 is 0 Å². The molecule has 2 N–H and O–H groups in total. The van der Waals surface area contributed by atoms with Crippen LogP contribution in [0.25, 0.3) is 11.0 Å². The molecule has 2 aromatic rings. The van der Waals surface area contributed by atoms with Crippen molar-refractivity contribution in [1.29, 1.82) is 0 Å². The molecule has 1 aromatic carbocycles. The van der Waals surface area contributed by atoms with Crippen LogP contribution in [0.3, 0.4) is 0 Å². The lowest BCUT2D eigenvalue weighted by Gasteiger charge is -2.26. The Labute approximate surface area is 102 Å². The van der Waals surface area contributed by atoms with E-state index in [4.69, 9.17) is 10.7 Å². The molecule has 1 aliphatic rings. The molecule has 0 radical (unpaired) electrons. The van der Waals surface area contributed by atoms with Gasteiger partial charge in [-0.15, -0.1) is 0 Å². The van der Waals surface area contributed by atoms with Crippen LogP contribution in [0.2, 0.25) is 0 Å². The number of para-hydroxylation sites is 2. The normalized spacial score (nSPS) is 25.3. The summed E-state index contributed by atoms with van der Waals surface area (Å²) in [5.41, 5.74) is 8.39. The van der Waals surface area contributed by atoms with Gasteiger partial charge in [0.15, 0.2) is 0 Å². The van der Waals surface area contributed by atoms with Gasteiger partial charge < -0.3 is 10.3 Å². The minimum absolute atomic E-state index is 0.355. The number of rotatable bonds is 1. The first-order valence-electron chi connectivity index (χ1n) is 6.42. The monoisotopic (exact) mass is 229 g/mol. The maximum atomic E-state index is 6.07. The molecule has 2 atom stereocenters. The number of hydrogen-bond donors (Lipinski definition) is 1. The highest BCUT2D eigenvalue weighted by Gasteiger charge is 2.24. The van der Waals surface area contributed by atoms with Crippen molar-refractivity contribution in [3.8, 4) is 0 Å². The number of aryl methyl sites for hydroxylation is 1. The van der Waals surface area contributed by atoms with Gasteiger partial charge in [0.2, 0.25) is 0 Å². The summed E-state index contributed by atoms with van der Waals surface area (Å²) in [4.78, 5) is 4.78. The predicted molar refractivity (Wildman–Crippen MR) is 69.9 cm³/mol. The molecule has 0 saturated heterocycles. The zero-order valence-electron chi connectivity index (χ0n) is 10.3. The smallest absolute Gasteiger partial charge is 0.112 e. The lowest BCUT2D eigenvalue weighted by Crippen LogP contribution is -2.27. The second-order valence-corrected chi connectivity index (χ2v) is 5.14. The molecule has 1 saturated carbocycles. The van der Waals surface area contributed by atoms with Crippen LogP contribution < -0.4 is 5.73 Å². The van der Waals surface area contributed by atoms with E-state index in [1.165, 1.54) is 30.6 Å². The number of aromatic nitrogens is 2. The van der Waals surface area contributed by atoms with Gasteiger partial charge in [0, 0.05) is 19.0 Å². The highest BCUT2D eigenvalue weighted by atomic mass is 15.1.